The molecule has 1 amide bonds. The Morgan fingerprint density at radius 2 is 1.68 bits per heavy atom. The summed E-state index contributed by atoms with van der Waals surface area (Å²) in [6, 6.07) is 16.4. The van der Waals surface area contributed by atoms with Crippen molar-refractivity contribution in [2.45, 2.75) is 19.5 Å². The third-order valence-electron chi connectivity index (χ3n) is 4.75. The van der Waals surface area contributed by atoms with Gasteiger partial charge in [-0.15, -0.1) is 0 Å². The van der Waals surface area contributed by atoms with E-state index in [9.17, 15) is 9.59 Å². The van der Waals surface area contributed by atoms with E-state index >= 15 is 0 Å². The zero-order valence-corrected chi connectivity index (χ0v) is 14.0. The van der Waals surface area contributed by atoms with Crippen LogP contribution in [0.5, 0.6) is 0 Å². The molecule has 3 aromatic rings. The van der Waals surface area contributed by atoms with E-state index in [4.69, 9.17) is 4.42 Å². The van der Waals surface area contributed by atoms with E-state index in [0.29, 0.717) is 22.4 Å². The first-order valence-corrected chi connectivity index (χ1v) is 8.24. The number of carbonyl (C=O) groups excluding carboxylic acids is 1. The predicted octanol–water partition coefficient (Wildman–Crippen LogP) is 3.46. The second-order valence-corrected chi connectivity index (χ2v) is 6.57. The maximum atomic E-state index is 12.7. The van der Waals surface area contributed by atoms with E-state index in [1.54, 1.807) is 18.2 Å². The van der Waals surface area contributed by atoms with E-state index in [0.717, 1.165) is 5.39 Å². The summed E-state index contributed by atoms with van der Waals surface area (Å²) in [6.45, 7) is 3.91. The molecule has 2 N–H and O–H groups in total. The van der Waals surface area contributed by atoms with Crippen LogP contribution in [0.4, 0.5) is 5.69 Å². The van der Waals surface area contributed by atoms with Crippen LogP contribution >= 0.6 is 0 Å². The Kier molecular flexibility index (Phi) is 3.39. The molecule has 0 spiro atoms. The summed E-state index contributed by atoms with van der Waals surface area (Å²) in [6.07, 6.45) is 0. The molecular weight excluding hydrogens is 316 g/mol. The lowest BCUT2D eigenvalue weighted by molar-refractivity contribution is 0.0867. The van der Waals surface area contributed by atoms with Crippen molar-refractivity contribution < 1.29 is 9.21 Å². The number of para-hydroxylation sites is 2. The number of anilines is 1. The summed E-state index contributed by atoms with van der Waals surface area (Å²) in [4.78, 5) is 25.4. The van der Waals surface area contributed by atoms with Crippen LogP contribution in [-0.4, -0.2) is 5.91 Å². The molecule has 0 radical (unpaired) electrons. The van der Waals surface area contributed by atoms with Crippen molar-refractivity contribution in [3.63, 3.8) is 0 Å². The molecule has 25 heavy (non-hydrogen) atoms. The molecule has 1 aliphatic rings. The second kappa shape index (κ2) is 5.48. The first-order valence-electron chi connectivity index (χ1n) is 8.24. The van der Waals surface area contributed by atoms with E-state index in [1.807, 2.05) is 50.2 Å². The van der Waals surface area contributed by atoms with E-state index < -0.39 is 11.3 Å². The normalized spacial score (nSPS) is 19.4. The fourth-order valence-electron chi connectivity index (χ4n) is 3.35. The van der Waals surface area contributed by atoms with Gasteiger partial charge in [-0.1, -0.05) is 44.2 Å². The first-order chi connectivity index (χ1) is 12.0. The van der Waals surface area contributed by atoms with Crippen molar-refractivity contribution >= 4 is 22.6 Å². The van der Waals surface area contributed by atoms with Crippen LogP contribution in [0.1, 0.15) is 29.8 Å². The smallest absolute Gasteiger partial charge is 0.343 e. The highest BCUT2D eigenvalue weighted by molar-refractivity contribution is 6.02. The molecule has 1 unspecified atom stereocenters. The Bertz CT molecular complexity index is 1040. The summed E-state index contributed by atoms with van der Waals surface area (Å²) in [5, 5.41) is 7.18. The van der Waals surface area contributed by atoms with Crippen molar-refractivity contribution in [3.8, 4) is 0 Å². The first kappa shape index (κ1) is 15.4. The van der Waals surface area contributed by atoms with E-state index in [-0.39, 0.29) is 11.8 Å². The Labute approximate surface area is 144 Å². The van der Waals surface area contributed by atoms with E-state index in [2.05, 4.69) is 10.6 Å². The fraction of sp³-hybridized carbons (Fsp3) is 0.200. The molecule has 0 bridgehead atoms. The van der Waals surface area contributed by atoms with Crippen LogP contribution in [-0.2, 0) is 5.66 Å². The number of hydrogen-bond donors (Lipinski definition) is 2. The molecule has 1 aromatic heterocycles. The van der Waals surface area contributed by atoms with Gasteiger partial charge in [0.1, 0.15) is 11.2 Å². The molecular formula is C20H18N2O3. The van der Waals surface area contributed by atoms with Crippen LogP contribution in [0.25, 0.3) is 11.0 Å². The van der Waals surface area contributed by atoms with Crippen LogP contribution in [0, 0.1) is 5.92 Å². The largest absolute Gasteiger partial charge is 0.422 e. The van der Waals surface area contributed by atoms with Gasteiger partial charge in [-0.05, 0) is 30.2 Å². The molecule has 2 aromatic carbocycles. The number of rotatable bonds is 2. The summed E-state index contributed by atoms with van der Waals surface area (Å²) in [7, 11) is 0. The molecule has 4 rings (SSSR count). The second-order valence-electron chi connectivity index (χ2n) is 6.57. The Morgan fingerprint density at radius 3 is 2.48 bits per heavy atom. The average Bonchev–Trinajstić information content (AvgIpc) is 2.61. The minimum absolute atomic E-state index is 0.0890. The highest BCUT2D eigenvalue weighted by Crippen LogP contribution is 2.35. The van der Waals surface area contributed by atoms with Crippen LogP contribution in [0.3, 0.4) is 0 Å². The molecule has 5 nitrogen and oxygen atoms in total. The van der Waals surface area contributed by atoms with Gasteiger partial charge in [-0.3, -0.25) is 4.79 Å². The van der Waals surface area contributed by atoms with Crippen LogP contribution < -0.4 is 16.3 Å². The van der Waals surface area contributed by atoms with Gasteiger partial charge in [0.25, 0.3) is 5.91 Å². The topological polar surface area (TPSA) is 71.3 Å². The lowest BCUT2D eigenvalue weighted by Gasteiger charge is -2.43. The molecule has 0 saturated carbocycles. The van der Waals surface area contributed by atoms with Crippen molar-refractivity contribution in [2.24, 2.45) is 5.92 Å². The van der Waals surface area contributed by atoms with Crippen molar-refractivity contribution in [1.82, 2.24) is 5.32 Å². The predicted molar refractivity (Wildman–Crippen MR) is 96.5 cm³/mol. The van der Waals surface area contributed by atoms with Gasteiger partial charge < -0.3 is 15.1 Å². The molecule has 2 heterocycles. The number of carbonyl (C=O) groups is 1. The highest BCUT2D eigenvalue weighted by Gasteiger charge is 2.44. The molecule has 0 aliphatic carbocycles. The van der Waals surface area contributed by atoms with Gasteiger partial charge in [-0.25, -0.2) is 4.79 Å². The lowest BCUT2D eigenvalue weighted by atomic mass is 9.85. The van der Waals surface area contributed by atoms with Gasteiger partial charge in [0, 0.05) is 11.1 Å². The summed E-state index contributed by atoms with van der Waals surface area (Å²) in [5.74, 6) is -0.301. The van der Waals surface area contributed by atoms with Crippen LogP contribution in [0.15, 0.2) is 63.8 Å². The number of hydrogen-bond acceptors (Lipinski definition) is 4. The number of nitrogens with one attached hydrogen (secondary N) is 2. The van der Waals surface area contributed by atoms with Crippen LogP contribution in [0.2, 0.25) is 0 Å². The quantitative estimate of drug-likeness (QED) is 0.704. The zero-order valence-electron chi connectivity index (χ0n) is 14.0. The molecule has 0 saturated heterocycles. The minimum Gasteiger partial charge on any atom is -0.422 e. The van der Waals surface area contributed by atoms with Crippen molar-refractivity contribution in [2.75, 3.05) is 5.32 Å². The van der Waals surface area contributed by atoms with Gasteiger partial charge in [0.2, 0.25) is 0 Å². The fourth-order valence-corrected chi connectivity index (χ4v) is 3.35. The van der Waals surface area contributed by atoms with Gasteiger partial charge in [-0.2, -0.15) is 0 Å². The summed E-state index contributed by atoms with van der Waals surface area (Å²) < 4.78 is 5.50. The Hall–Kier alpha value is -3.08. The maximum Gasteiger partial charge on any atom is 0.343 e. The highest BCUT2D eigenvalue weighted by atomic mass is 16.4. The van der Waals surface area contributed by atoms with Gasteiger partial charge in [0.05, 0.1) is 11.1 Å². The van der Waals surface area contributed by atoms with E-state index in [1.165, 1.54) is 0 Å². The maximum absolute atomic E-state index is 12.7. The average molecular weight is 334 g/mol. The molecule has 1 atom stereocenters. The number of amides is 1. The summed E-state index contributed by atoms with van der Waals surface area (Å²) in [5.41, 5.74) is 0.688. The van der Waals surface area contributed by atoms with Crippen molar-refractivity contribution in [3.05, 3.63) is 76.1 Å². The molecule has 0 fully saturated rings. The molecule has 126 valence electrons. The minimum atomic E-state index is -1.03. The monoisotopic (exact) mass is 334 g/mol. The lowest BCUT2D eigenvalue weighted by Crippen LogP contribution is -2.59. The number of fused-ring (bicyclic) bond motifs is 2. The zero-order chi connectivity index (χ0) is 17.6. The SMILES string of the molecule is CC(C)C1(c2cc3ccccc3oc2=O)NC(=O)c2ccccc2N1. The Morgan fingerprint density at radius 1 is 0.960 bits per heavy atom. The molecule has 5 heteroatoms. The van der Waals surface area contributed by atoms with Gasteiger partial charge in [0.15, 0.2) is 0 Å². The summed E-state index contributed by atoms with van der Waals surface area (Å²) >= 11 is 0. The Balaban J connectivity index is 1.96. The standard InChI is InChI=1S/C20H18N2O3/c1-12(2)20(21-16-9-5-4-8-14(16)18(23)22-20)15-11-13-7-3-6-10-17(13)25-19(15)24/h3-12,21H,1-2H3,(H,22,23). The number of benzene rings is 2. The van der Waals surface area contributed by atoms with Crippen molar-refractivity contribution in [1.29, 1.82) is 0 Å². The third-order valence-corrected chi connectivity index (χ3v) is 4.75. The third kappa shape index (κ3) is 2.31. The van der Waals surface area contributed by atoms with Gasteiger partial charge >= 0.3 is 5.63 Å². The molecule has 1 aliphatic heterocycles.